The molecule has 0 amide bonds. The summed E-state index contributed by atoms with van der Waals surface area (Å²) < 4.78 is 0. The molecule has 3 heterocycles. The summed E-state index contributed by atoms with van der Waals surface area (Å²) in [6.45, 7) is 4.61. The quantitative estimate of drug-likeness (QED) is 0.555. The highest BCUT2D eigenvalue weighted by Gasteiger charge is 2.10. The van der Waals surface area contributed by atoms with Crippen molar-refractivity contribution in [2.45, 2.75) is 20.4 Å². The number of pyridine rings is 3. The van der Waals surface area contributed by atoms with Gasteiger partial charge in [-0.05, 0) is 85.1 Å². The standard InChI is InChI=1S/C24H22N4/c1-16-6-8-27-23(9-16)24-11-17(2)10-22(28-24)20-13-18(15-25)12-19(14-20)21-5-3-4-7-26-21/h3-14H,15,25H2,1-2H3. The molecule has 0 saturated heterocycles. The summed E-state index contributed by atoms with van der Waals surface area (Å²) in [5.41, 5.74) is 15.0. The lowest BCUT2D eigenvalue weighted by Gasteiger charge is -2.11. The van der Waals surface area contributed by atoms with Crippen molar-refractivity contribution in [2.75, 3.05) is 0 Å². The number of aromatic nitrogens is 3. The Morgan fingerprint density at radius 2 is 1.39 bits per heavy atom. The third kappa shape index (κ3) is 3.82. The first-order valence-corrected chi connectivity index (χ1v) is 9.30. The second-order valence-corrected chi connectivity index (χ2v) is 6.97. The molecule has 4 aromatic rings. The monoisotopic (exact) mass is 366 g/mol. The maximum atomic E-state index is 5.96. The predicted molar refractivity (Wildman–Crippen MR) is 114 cm³/mol. The Bertz CT molecular complexity index is 1120. The van der Waals surface area contributed by atoms with Crippen molar-refractivity contribution in [1.82, 2.24) is 15.0 Å². The predicted octanol–water partition coefficient (Wildman–Crippen LogP) is 4.95. The molecule has 0 atom stereocenters. The van der Waals surface area contributed by atoms with Crippen LogP contribution in [0.2, 0.25) is 0 Å². The van der Waals surface area contributed by atoms with Gasteiger partial charge in [0.05, 0.1) is 22.8 Å². The van der Waals surface area contributed by atoms with Gasteiger partial charge in [-0.2, -0.15) is 0 Å². The minimum absolute atomic E-state index is 0.464. The van der Waals surface area contributed by atoms with Gasteiger partial charge in [0.15, 0.2) is 0 Å². The van der Waals surface area contributed by atoms with Crippen molar-refractivity contribution in [1.29, 1.82) is 0 Å². The fraction of sp³-hybridized carbons (Fsp3) is 0.125. The second-order valence-electron chi connectivity index (χ2n) is 6.97. The molecule has 0 bridgehead atoms. The Balaban J connectivity index is 1.85. The highest BCUT2D eigenvalue weighted by Crippen LogP contribution is 2.29. The van der Waals surface area contributed by atoms with Crippen LogP contribution < -0.4 is 5.73 Å². The van der Waals surface area contributed by atoms with E-state index in [2.05, 4.69) is 60.2 Å². The normalized spacial score (nSPS) is 10.8. The average molecular weight is 366 g/mol. The Morgan fingerprint density at radius 3 is 2.11 bits per heavy atom. The molecule has 0 aliphatic carbocycles. The van der Waals surface area contributed by atoms with E-state index in [1.54, 1.807) is 6.20 Å². The van der Waals surface area contributed by atoms with Gasteiger partial charge in [0.1, 0.15) is 0 Å². The first-order chi connectivity index (χ1) is 13.6. The number of nitrogens with two attached hydrogens (primary N) is 1. The molecular weight excluding hydrogens is 344 g/mol. The number of nitrogens with zero attached hydrogens (tertiary/aromatic N) is 3. The van der Waals surface area contributed by atoms with Gasteiger partial charge in [0.2, 0.25) is 0 Å². The molecule has 0 aliphatic heterocycles. The molecule has 4 nitrogen and oxygen atoms in total. The summed E-state index contributed by atoms with van der Waals surface area (Å²) in [4.78, 5) is 13.9. The van der Waals surface area contributed by atoms with Crippen molar-refractivity contribution in [2.24, 2.45) is 5.73 Å². The first-order valence-electron chi connectivity index (χ1n) is 9.30. The summed E-state index contributed by atoms with van der Waals surface area (Å²) in [5, 5.41) is 0. The molecule has 0 fully saturated rings. The molecule has 3 aromatic heterocycles. The summed E-state index contributed by atoms with van der Waals surface area (Å²) in [6, 6.07) is 20.4. The van der Waals surface area contributed by atoms with Gasteiger partial charge in [0, 0.05) is 30.1 Å². The molecule has 0 saturated carbocycles. The van der Waals surface area contributed by atoms with Crippen LogP contribution in [-0.2, 0) is 6.54 Å². The highest BCUT2D eigenvalue weighted by atomic mass is 14.8. The lowest BCUT2D eigenvalue weighted by atomic mass is 9.99. The summed E-state index contributed by atoms with van der Waals surface area (Å²) in [5.74, 6) is 0. The van der Waals surface area contributed by atoms with E-state index in [-0.39, 0.29) is 0 Å². The molecule has 0 spiro atoms. The zero-order valence-corrected chi connectivity index (χ0v) is 16.1. The van der Waals surface area contributed by atoms with E-state index in [1.807, 2.05) is 30.5 Å². The third-order valence-electron chi connectivity index (χ3n) is 4.63. The van der Waals surface area contributed by atoms with Crippen LogP contribution in [0, 0.1) is 13.8 Å². The van der Waals surface area contributed by atoms with Crippen LogP contribution in [0.4, 0.5) is 0 Å². The lowest BCUT2D eigenvalue weighted by molar-refractivity contribution is 1.07. The fourth-order valence-electron chi connectivity index (χ4n) is 3.26. The highest BCUT2D eigenvalue weighted by molar-refractivity contribution is 5.72. The Hall–Kier alpha value is -3.37. The molecule has 0 unspecified atom stereocenters. The average Bonchev–Trinajstić information content (AvgIpc) is 2.73. The van der Waals surface area contributed by atoms with Crippen molar-refractivity contribution in [3.8, 4) is 33.9 Å². The molecular formula is C24H22N4. The number of aryl methyl sites for hydroxylation is 2. The minimum atomic E-state index is 0.464. The summed E-state index contributed by atoms with van der Waals surface area (Å²) >= 11 is 0. The van der Waals surface area contributed by atoms with Crippen molar-refractivity contribution >= 4 is 0 Å². The number of benzene rings is 1. The van der Waals surface area contributed by atoms with E-state index in [0.29, 0.717) is 6.54 Å². The van der Waals surface area contributed by atoms with Gasteiger partial charge in [0.25, 0.3) is 0 Å². The minimum Gasteiger partial charge on any atom is -0.326 e. The van der Waals surface area contributed by atoms with Crippen LogP contribution in [0.1, 0.15) is 16.7 Å². The molecule has 4 heteroatoms. The second kappa shape index (κ2) is 7.71. The van der Waals surface area contributed by atoms with Crippen LogP contribution >= 0.6 is 0 Å². The summed E-state index contributed by atoms with van der Waals surface area (Å²) in [6.07, 6.45) is 3.62. The maximum absolute atomic E-state index is 5.96. The summed E-state index contributed by atoms with van der Waals surface area (Å²) in [7, 11) is 0. The molecule has 4 rings (SSSR count). The van der Waals surface area contributed by atoms with Crippen LogP contribution in [0.5, 0.6) is 0 Å². The lowest BCUT2D eigenvalue weighted by Crippen LogP contribution is -1.99. The van der Waals surface area contributed by atoms with Crippen LogP contribution in [0.25, 0.3) is 33.9 Å². The number of rotatable bonds is 4. The number of hydrogen-bond donors (Lipinski definition) is 1. The van der Waals surface area contributed by atoms with E-state index in [4.69, 9.17) is 10.7 Å². The molecule has 0 aliphatic rings. The van der Waals surface area contributed by atoms with E-state index >= 15 is 0 Å². The van der Waals surface area contributed by atoms with E-state index in [1.165, 1.54) is 0 Å². The fourth-order valence-corrected chi connectivity index (χ4v) is 3.26. The zero-order valence-electron chi connectivity index (χ0n) is 16.1. The topological polar surface area (TPSA) is 64.7 Å². The largest absolute Gasteiger partial charge is 0.326 e. The molecule has 138 valence electrons. The van der Waals surface area contributed by atoms with Crippen molar-refractivity contribution in [3.63, 3.8) is 0 Å². The number of hydrogen-bond acceptors (Lipinski definition) is 4. The first kappa shape index (κ1) is 18.0. The van der Waals surface area contributed by atoms with Crippen LogP contribution in [0.15, 0.2) is 73.1 Å². The SMILES string of the molecule is Cc1ccnc(-c2cc(C)cc(-c3cc(CN)cc(-c4ccccn4)c3)n2)c1. The Kier molecular flexibility index (Phi) is 4.96. The van der Waals surface area contributed by atoms with E-state index < -0.39 is 0 Å². The van der Waals surface area contributed by atoms with Gasteiger partial charge in [-0.1, -0.05) is 6.07 Å². The van der Waals surface area contributed by atoms with E-state index in [9.17, 15) is 0 Å². The van der Waals surface area contributed by atoms with Gasteiger partial charge in [-0.15, -0.1) is 0 Å². The van der Waals surface area contributed by atoms with Crippen LogP contribution in [0.3, 0.4) is 0 Å². The van der Waals surface area contributed by atoms with Gasteiger partial charge < -0.3 is 5.73 Å². The molecule has 0 radical (unpaired) electrons. The maximum Gasteiger partial charge on any atom is 0.0896 e. The van der Waals surface area contributed by atoms with Crippen molar-refractivity contribution < 1.29 is 0 Å². The third-order valence-corrected chi connectivity index (χ3v) is 4.63. The Morgan fingerprint density at radius 1 is 0.679 bits per heavy atom. The van der Waals surface area contributed by atoms with E-state index in [0.717, 1.165) is 50.6 Å². The Labute approximate surface area is 165 Å². The van der Waals surface area contributed by atoms with Gasteiger partial charge >= 0.3 is 0 Å². The van der Waals surface area contributed by atoms with Gasteiger partial charge in [-0.25, -0.2) is 4.98 Å². The van der Waals surface area contributed by atoms with Crippen LogP contribution in [-0.4, -0.2) is 15.0 Å². The molecule has 2 N–H and O–H groups in total. The molecule has 28 heavy (non-hydrogen) atoms. The van der Waals surface area contributed by atoms with Gasteiger partial charge in [-0.3, -0.25) is 9.97 Å². The molecule has 1 aromatic carbocycles. The zero-order chi connectivity index (χ0) is 19.5. The van der Waals surface area contributed by atoms with Crippen molar-refractivity contribution in [3.05, 3.63) is 89.7 Å². The smallest absolute Gasteiger partial charge is 0.0896 e.